The zero-order valence-corrected chi connectivity index (χ0v) is 7.65. The quantitative estimate of drug-likeness (QED) is 0.416. The number of amides is 2. The van der Waals surface area contributed by atoms with E-state index in [0.717, 1.165) is 0 Å². The first-order chi connectivity index (χ1) is 6.22. The Balaban J connectivity index is 2.25. The van der Waals surface area contributed by atoms with Gasteiger partial charge in [0.2, 0.25) is 0 Å². The van der Waals surface area contributed by atoms with E-state index in [9.17, 15) is 9.59 Å². The molecular formula is C8H13N2O3. The van der Waals surface area contributed by atoms with Gasteiger partial charge in [-0.25, -0.2) is 0 Å². The Labute approximate surface area is 77.0 Å². The fraction of sp³-hybridized carbons (Fsp3) is 0.750. The maximum Gasteiger partial charge on any atom is 0.263 e. The average molecular weight is 185 g/mol. The van der Waals surface area contributed by atoms with Crippen molar-refractivity contribution in [3.05, 3.63) is 0 Å². The molecule has 1 rings (SSSR count). The second kappa shape index (κ2) is 4.94. The van der Waals surface area contributed by atoms with Crippen LogP contribution in [0.25, 0.3) is 0 Å². The van der Waals surface area contributed by atoms with Crippen LogP contribution in [0.15, 0.2) is 0 Å². The summed E-state index contributed by atoms with van der Waals surface area (Å²) in [4.78, 5) is 23.4. The Hall–Kier alpha value is -0.940. The molecule has 0 unspecified atom stereocenters. The molecule has 0 bridgehead atoms. The minimum absolute atomic E-state index is 0.235. The summed E-state index contributed by atoms with van der Waals surface area (Å²) in [6.07, 6.45) is 0. The first-order valence-corrected chi connectivity index (χ1v) is 4.30. The maximum absolute atomic E-state index is 10.8. The molecule has 0 aromatic carbocycles. The molecular weight excluding hydrogens is 172 g/mol. The summed E-state index contributed by atoms with van der Waals surface area (Å²) in [5.74, 6) is -0.708. The van der Waals surface area contributed by atoms with Crippen molar-refractivity contribution in [2.75, 3.05) is 32.8 Å². The lowest BCUT2D eigenvalue weighted by Crippen LogP contribution is -2.48. The third-order valence-corrected chi connectivity index (χ3v) is 1.72. The van der Waals surface area contributed by atoms with E-state index in [2.05, 4.69) is 5.32 Å². The molecule has 0 aromatic rings. The Bertz CT molecular complexity index is 190. The van der Waals surface area contributed by atoms with E-state index in [4.69, 9.17) is 4.74 Å². The molecule has 1 radical (unpaired) electrons. The average Bonchev–Trinajstić information content (AvgIpc) is 2.03. The monoisotopic (exact) mass is 185 g/mol. The van der Waals surface area contributed by atoms with Crippen LogP contribution in [0.5, 0.6) is 0 Å². The summed E-state index contributed by atoms with van der Waals surface area (Å²) in [7, 11) is 0. The first kappa shape index (κ1) is 10.1. The number of piperazine rings is 1. The van der Waals surface area contributed by atoms with Crippen molar-refractivity contribution >= 4 is 11.8 Å². The summed E-state index contributed by atoms with van der Waals surface area (Å²) >= 11 is 0. The lowest BCUT2D eigenvalue weighted by molar-refractivity contribution is -0.136. The van der Waals surface area contributed by atoms with Crippen LogP contribution in [0, 0.1) is 0 Å². The molecule has 13 heavy (non-hydrogen) atoms. The number of carbonyl (C=O) groups excluding carboxylic acids is 2. The van der Waals surface area contributed by atoms with Crippen molar-refractivity contribution in [2.24, 2.45) is 0 Å². The Morgan fingerprint density at radius 1 is 1.38 bits per heavy atom. The van der Waals surface area contributed by atoms with Gasteiger partial charge in [0.15, 0.2) is 0 Å². The second-order valence-corrected chi connectivity index (χ2v) is 2.81. The van der Waals surface area contributed by atoms with Crippen molar-refractivity contribution in [3.8, 4) is 0 Å². The van der Waals surface area contributed by atoms with Crippen LogP contribution >= 0.6 is 0 Å². The Kier molecular flexibility index (Phi) is 3.85. The Morgan fingerprint density at radius 2 is 2.00 bits per heavy atom. The number of imide groups is 1. The minimum Gasteiger partial charge on any atom is -0.380 e. The molecule has 0 spiro atoms. The van der Waals surface area contributed by atoms with Gasteiger partial charge in [0, 0.05) is 13.2 Å². The fourth-order valence-corrected chi connectivity index (χ4v) is 1.14. The molecule has 1 saturated heterocycles. The molecule has 0 atom stereocenters. The van der Waals surface area contributed by atoms with Crippen LogP contribution < -0.4 is 5.32 Å². The van der Waals surface area contributed by atoms with Crippen LogP contribution in [0.3, 0.4) is 0 Å². The van der Waals surface area contributed by atoms with Gasteiger partial charge in [-0.3, -0.25) is 14.5 Å². The standard InChI is InChI=1S/C8H13N2O3/c1-2-13-4-3-10-5-7(11)9-8(12)6-10/h2-6H2,1H3. The zero-order chi connectivity index (χ0) is 9.68. The third-order valence-electron chi connectivity index (χ3n) is 1.72. The molecule has 5 heteroatoms. The highest BCUT2D eigenvalue weighted by Crippen LogP contribution is 1.95. The molecule has 1 aliphatic rings. The van der Waals surface area contributed by atoms with E-state index < -0.39 is 0 Å². The lowest BCUT2D eigenvalue weighted by Gasteiger charge is -2.23. The number of hydrogen-bond acceptors (Lipinski definition) is 4. The van der Waals surface area contributed by atoms with Crippen molar-refractivity contribution < 1.29 is 14.3 Å². The molecule has 73 valence electrons. The van der Waals surface area contributed by atoms with Crippen LogP contribution in [-0.4, -0.2) is 49.6 Å². The SMILES string of the molecule is CCOCCN1CC(=O)[N]C(=O)C1. The second-order valence-electron chi connectivity index (χ2n) is 2.81. The molecule has 0 aromatic heterocycles. The summed E-state index contributed by atoms with van der Waals surface area (Å²) < 4.78 is 5.11. The van der Waals surface area contributed by atoms with Crippen molar-refractivity contribution in [2.45, 2.75) is 6.92 Å². The van der Waals surface area contributed by atoms with Crippen LogP contribution in [-0.2, 0) is 14.3 Å². The van der Waals surface area contributed by atoms with E-state index in [1.807, 2.05) is 6.92 Å². The highest BCUT2D eigenvalue weighted by atomic mass is 16.5. The van der Waals surface area contributed by atoms with E-state index in [-0.39, 0.29) is 24.9 Å². The number of nitrogens with zero attached hydrogens (tertiary/aromatic N) is 2. The highest BCUT2D eigenvalue weighted by molar-refractivity contribution is 5.98. The number of ether oxygens (including phenoxy) is 1. The summed E-state index contributed by atoms with van der Waals surface area (Å²) in [6, 6.07) is 0. The number of carbonyl (C=O) groups is 2. The highest BCUT2D eigenvalue weighted by Gasteiger charge is 2.23. The van der Waals surface area contributed by atoms with Gasteiger partial charge in [0.1, 0.15) is 0 Å². The Morgan fingerprint density at radius 3 is 2.54 bits per heavy atom. The van der Waals surface area contributed by atoms with Gasteiger partial charge >= 0.3 is 0 Å². The molecule has 5 nitrogen and oxygen atoms in total. The predicted octanol–water partition coefficient (Wildman–Crippen LogP) is -1.00. The summed E-state index contributed by atoms with van der Waals surface area (Å²) in [5.41, 5.74) is 0. The van der Waals surface area contributed by atoms with Gasteiger partial charge in [-0.05, 0) is 6.92 Å². The molecule has 1 aliphatic heterocycles. The van der Waals surface area contributed by atoms with E-state index in [0.29, 0.717) is 19.8 Å². The lowest BCUT2D eigenvalue weighted by atomic mass is 10.3. The fourth-order valence-electron chi connectivity index (χ4n) is 1.14. The van der Waals surface area contributed by atoms with Crippen molar-refractivity contribution in [3.63, 3.8) is 0 Å². The van der Waals surface area contributed by atoms with Crippen LogP contribution in [0.1, 0.15) is 6.92 Å². The smallest absolute Gasteiger partial charge is 0.263 e. The van der Waals surface area contributed by atoms with Gasteiger partial charge < -0.3 is 4.74 Å². The zero-order valence-electron chi connectivity index (χ0n) is 7.65. The van der Waals surface area contributed by atoms with Crippen LogP contribution in [0.4, 0.5) is 0 Å². The minimum atomic E-state index is -0.354. The summed E-state index contributed by atoms with van der Waals surface area (Å²) in [6.45, 7) is 4.19. The summed E-state index contributed by atoms with van der Waals surface area (Å²) in [5, 5.41) is 3.30. The van der Waals surface area contributed by atoms with Gasteiger partial charge in [0.05, 0.1) is 19.7 Å². The molecule has 0 saturated carbocycles. The first-order valence-electron chi connectivity index (χ1n) is 4.30. The molecule has 2 amide bonds. The molecule has 1 fully saturated rings. The van der Waals surface area contributed by atoms with Gasteiger partial charge in [-0.2, -0.15) is 5.32 Å². The molecule has 1 heterocycles. The molecule has 0 aliphatic carbocycles. The van der Waals surface area contributed by atoms with Crippen LogP contribution in [0.2, 0.25) is 0 Å². The topological polar surface area (TPSA) is 60.7 Å². The van der Waals surface area contributed by atoms with Crippen molar-refractivity contribution in [1.82, 2.24) is 10.2 Å². The van der Waals surface area contributed by atoms with E-state index >= 15 is 0 Å². The molecule has 0 N–H and O–H groups in total. The third kappa shape index (κ3) is 3.52. The van der Waals surface area contributed by atoms with Crippen molar-refractivity contribution in [1.29, 1.82) is 0 Å². The largest absolute Gasteiger partial charge is 0.380 e. The normalized spacial score (nSPS) is 18.8. The van der Waals surface area contributed by atoms with Gasteiger partial charge in [-0.15, -0.1) is 0 Å². The number of rotatable bonds is 4. The maximum atomic E-state index is 10.8. The number of hydrogen-bond donors (Lipinski definition) is 0. The van der Waals surface area contributed by atoms with Gasteiger partial charge in [-0.1, -0.05) is 0 Å². The van der Waals surface area contributed by atoms with Gasteiger partial charge in [0.25, 0.3) is 11.8 Å². The predicted molar refractivity (Wildman–Crippen MR) is 45.1 cm³/mol. The van der Waals surface area contributed by atoms with E-state index in [1.165, 1.54) is 0 Å². The van der Waals surface area contributed by atoms with E-state index in [1.54, 1.807) is 4.90 Å².